The van der Waals surface area contributed by atoms with Crippen LogP contribution in [-0.2, 0) is 0 Å². The lowest BCUT2D eigenvalue weighted by molar-refractivity contribution is -0.154. The highest BCUT2D eigenvalue weighted by Crippen LogP contribution is 2.23. The summed E-state index contributed by atoms with van der Waals surface area (Å²) in [6.07, 6.45) is 0.576. The minimum absolute atomic E-state index is 0.0271. The summed E-state index contributed by atoms with van der Waals surface area (Å²) in [7, 11) is 0. The average molecular weight is 498 g/mol. The lowest BCUT2D eigenvalue weighted by atomic mass is 10.2. The van der Waals surface area contributed by atoms with E-state index in [-0.39, 0.29) is 28.7 Å². The number of nitrogens with zero attached hydrogens (tertiary/aromatic N) is 5. The molecule has 12 heteroatoms. The first-order valence-corrected chi connectivity index (χ1v) is 10.4. The topological polar surface area (TPSA) is 100 Å². The third-order valence-electron chi connectivity index (χ3n) is 4.73. The fourth-order valence-corrected chi connectivity index (χ4v) is 3.18. The van der Waals surface area contributed by atoms with E-state index < -0.39 is 24.0 Å². The number of aromatic nitrogens is 4. The van der Waals surface area contributed by atoms with Crippen molar-refractivity contribution in [3.05, 3.63) is 107 Å². The minimum atomic E-state index is -4.54. The maximum absolute atomic E-state index is 15.1. The molecule has 36 heavy (non-hydrogen) atoms. The summed E-state index contributed by atoms with van der Waals surface area (Å²) in [6, 6.07) is 15.1. The lowest BCUT2D eigenvalue weighted by Gasteiger charge is -2.13. The smallest absolute Gasteiger partial charge is 0.422 e. The molecule has 2 aromatic carbocycles. The van der Waals surface area contributed by atoms with Gasteiger partial charge in [-0.1, -0.05) is 18.2 Å². The molecule has 0 aliphatic rings. The molecule has 0 aliphatic heterocycles. The monoisotopic (exact) mass is 498 g/mol. The molecule has 2 aromatic heterocycles. The maximum Gasteiger partial charge on any atom is 0.422 e. The summed E-state index contributed by atoms with van der Waals surface area (Å²) in [6.45, 7) is -1.52. The van der Waals surface area contributed by atoms with E-state index in [1.165, 1.54) is 48.9 Å². The fourth-order valence-electron chi connectivity index (χ4n) is 3.18. The van der Waals surface area contributed by atoms with Gasteiger partial charge in [-0.15, -0.1) is 0 Å². The second kappa shape index (κ2) is 10.3. The van der Waals surface area contributed by atoms with Crippen LogP contribution in [0.5, 0.6) is 5.88 Å². The summed E-state index contributed by atoms with van der Waals surface area (Å²) in [5.74, 6) is -0.985. The molecule has 0 saturated heterocycles. The quantitative estimate of drug-likeness (QED) is 0.306. The average Bonchev–Trinajstić information content (AvgIpc) is 3.32. The van der Waals surface area contributed by atoms with Gasteiger partial charge in [0.15, 0.2) is 18.1 Å². The van der Waals surface area contributed by atoms with Crippen molar-refractivity contribution in [1.29, 1.82) is 0 Å². The number of alkyl halides is 3. The number of nitrogens with two attached hydrogens (primary N) is 1. The summed E-state index contributed by atoms with van der Waals surface area (Å²) in [5.41, 5.74) is 5.82. The van der Waals surface area contributed by atoms with E-state index in [4.69, 9.17) is 10.5 Å². The van der Waals surface area contributed by atoms with Crippen LogP contribution < -0.4 is 15.9 Å². The van der Waals surface area contributed by atoms with E-state index >= 15 is 4.39 Å². The Balaban J connectivity index is 1.69. The highest BCUT2D eigenvalue weighted by atomic mass is 19.4. The number of hydrogen-bond donors (Lipinski definition) is 1. The predicted molar refractivity (Wildman–Crippen MR) is 124 cm³/mol. The number of rotatable bonds is 7. The third kappa shape index (κ3) is 5.66. The van der Waals surface area contributed by atoms with E-state index in [2.05, 4.69) is 15.2 Å². The Hall–Kier alpha value is -4.74. The normalized spacial score (nSPS) is 12.3. The van der Waals surface area contributed by atoms with Gasteiger partial charge in [0, 0.05) is 24.4 Å². The number of hydrogen-bond acceptors (Lipinski definition) is 6. The SMILES string of the molecule is NC=CC(=Nc1ccccc1)c1nn(-c2ccc(-n3nccc3OCC(F)(F)F)cc2F)ccc1=O. The summed E-state index contributed by atoms with van der Waals surface area (Å²) >= 11 is 0. The van der Waals surface area contributed by atoms with Crippen LogP contribution in [0.25, 0.3) is 11.4 Å². The van der Waals surface area contributed by atoms with Gasteiger partial charge in [0.05, 0.1) is 23.3 Å². The van der Waals surface area contributed by atoms with Crippen molar-refractivity contribution < 1.29 is 22.3 Å². The van der Waals surface area contributed by atoms with Crippen LogP contribution in [0.4, 0.5) is 23.2 Å². The molecule has 2 N–H and O–H groups in total. The molecule has 0 aliphatic carbocycles. The minimum Gasteiger partial charge on any atom is -0.468 e. The van der Waals surface area contributed by atoms with Crippen LogP contribution in [0.1, 0.15) is 5.69 Å². The highest BCUT2D eigenvalue weighted by molar-refractivity contribution is 6.08. The highest BCUT2D eigenvalue weighted by Gasteiger charge is 2.29. The molecular formula is C24H18F4N6O2. The van der Waals surface area contributed by atoms with Crippen LogP contribution in [0.2, 0.25) is 0 Å². The lowest BCUT2D eigenvalue weighted by Crippen LogP contribution is -2.21. The van der Waals surface area contributed by atoms with Gasteiger partial charge >= 0.3 is 6.18 Å². The van der Waals surface area contributed by atoms with E-state index in [9.17, 15) is 18.0 Å². The second-order valence-electron chi connectivity index (χ2n) is 7.29. The van der Waals surface area contributed by atoms with Crippen molar-refractivity contribution in [1.82, 2.24) is 19.6 Å². The second-order valence-corrected chi connectivity index (χ2v) is 7.29. The summed E-state index contributed by atoms with van der Waals surface area (Å²) in [5, 5.41) is 8.14. The Kier molecular flexibility index (Phi) is 6.95. The van der Waals surface area contributed by atoms with Crippen molar-refractivity contribution in [3.8, 4) is 17.3 Å². The molecule has 8 nitrogen and oxygen atoms in total. The molecule has 0 atom stereocenters. The van der Waals surface area contributed by atoms with Crippen molar-refractivity contribution in [2.75, 3.05) is 6.61 Å². The molecule has 0 bridgehead atoms. The Morgan fingerprint density at radius 1 is 1.11 bits per heavy atom. The zero-order valence-electron chi connectivity index (χ0n) is 18.4. The summed E-state index contributed by atoms with van der Waals surface area (Å²) < 4.78 is 59.5. The molecule has 0 fully saturated rings. The molecule has 0 spiro atoms. The standard InChI is InChI=1S/C24H18F4N6O2/c25-18-14-17(34-22(9-12-30-34)36-15-24(26,27)28)6-7-20(18)33-13-10-21(35)23(32-33)19(8-11-29)31-16-4-2-1-3-5-16/h1-14H,15,29H2. The van der Waals surface area contributed by atoms with Crippen LogP contribution in [0.3, 0.4) is 0 Å². The van der Waals surface area contributed by atoms with Crippen molar-refractivity contribution in [3.63, 3.8) is 0 Å². The first-order chi connectivity index (χ1) is 17.2. The fraction of sp³-hybridized carbons (Fsp3) is 0.0833. The Labute approximate surface area is 201 Å². The molecular weight excluding hydrogens is 480 g/mol. The molecule has 0 saturated carbocycles. The Morgan fingerprint density at radius 3 is 2.58 bits per heavy atom. The van der Waals surface area contributed by atoms with Crippen LogP contribution >= 0.6 is 0 Å². The summed E-state index contributed by atoms with van der Waals surface area (Å²) in [4.78, 5) is 16.9. The van der Waals surface area contributed by atoms with Gasteiger partial charge in [-0.05, 0) is 36.5 Å². The van der Waals surface area contributed by atoms with Gasteiger partial charge in [-0.3, -0.25) is 4.79 Å². The van der Waals surface area contributed by atoms with E-state index in [1.54, 1.807) is 24.3 Å². The Morgan fingerprint density at radius 2 is 1.89 bits per heavy atom. The molecule has 4 rings (SSSR count). The number of aliphatic imine (C=N–C) groups is 1. The largest absolute Gasteiger partial charge is 0.468 e. The number of allylic oxidation sites excluding steroid dienone is 1. The zero-order valence-corrected chi connectivity index (χ0v) is 18.4. The molecule has 4 aromatic rings. The molecule has 0 radical (unpaired) electrons. The van der Waals surface area contributed by atoms with E-state index in [0.29, 0.717) is 5.69 Å². The van der Waals surface area contributed by atoms with Crippen molar-refractivity contribution in [2.45, 2.75) is 6.18 Å². The number of ether oxygens (including phenoxy) is 1. The zero-order chi connectivity index (χ0) is 25.7. The first kappa shape index (κ1) is 24.4. The molecule has 0 amide bonds. The Bertz CT molecular complexity index is 1480. The number of halogens is 4. The van der Waals surface area contributed by atoms with Gasteiger partial charge in [0.2, 0.25) is 11.3 Å². The first-order valence-electron chi connectivity index (χ1n) is 10.4. The van der Waals surface area contributed by atoms with E-state index in [1.807, 2.05) is 6.07 Å². The van der Waals surface area contributed by atoms with Crippen LogP contribution in [0.15, 0.2) is 95.1 Å². The predicted octanol–water partition coefficient (Wildman–Crippen LogP) is 4.09. The number of para-hydroxylation sites is 1. The van der Waals surface area contributed by atoms with Gasteiger partial charge in [0.25, 0.3) is 0 Å². The van der Waals surface area contributed by atoms with Gasteiger partial charge in [0.1, 0.15) is 5.69 Å². The molecule has 2 heterocycles. The molecule has 0 unspecified atom stereocenters. The number of benzene rings is 2. The van der Waals surface area contributed by atoms with Crippen LogP contribution in [0, 0.1) is 5.82 Å². The van der Waals surface area contributed by atoms with Gasteiger partial charge < -0.3 is 10.5 Å². The van der Waals surface area contributed by atoms with E-state index in [0.717, 1.165) is 15.4 Å². The third-order valence-corrected chi connectivity index (χ3v) is 4.73. The van der Waals surface area contributed by atoms with Crippen molar-refractivity contribution in [2.24, 2.45) is 10.7 Å². The van der Waals surface area contributed by atoms with Gasteiger partial charge in [-0.25, -0.2) is 18.7 Å². The molecule has 184 valence electrons. The van der Waals surface area contributed by atoms with Crippen LogP contribution in [-0.4, -0.2) is 38.1 Å². The van der Waals surface area contributed by atoms with Crippen molar-refractivity contribution >= 4 is 11.4 Å². The maximum atomic E-state index is 15.1. The van der Waals surface area contributed by atoms with Gasteiger partial charge in [-0.2, -0.15) is 23.4 Å².